The van der Waals surface area contributed by atoms with Gasteiger partial charge in [-0.1, -0.05) is 0 Å². The van der Waals surface area contributed by atoms with Crippen LogP contribution in [0.1, 0.15) is 29.7 Å². The zero-order valence-corrected chi connectivity index (χ0v) is 12.9. The number of rotatable bonds is 4. The molecule has 3 N–H and O–H groups in total. The van der Waals surface area contributed by atoms with Crippen LogP contribution in [0, 0.1) is 6.92 Å². The topological polar surface area (TPSA) is 98.2 Å². The van der Waals surface area contributed by atoms with E-state index >= 15 is 0 Å². The molecule has 2 aromatic rings. The maximum absolute atomic E-state index is 11.8. The Morgan fingerprint density at radius 1 is 1.50 bits per heavy atom. The van der Waals surface area contributed by atoms with E-state index in [1.165, 1.54) is 0 Å². The van der Waals surface area contributed by atoms with Crippen molar-refractivity contribution in [2.24, 2.45) is 5.73 Å². The van der Waals surface area contributed by atoms with Crippen LogP contribution in [0.5, 0.6) is 0 Å². The van der Waals surface area contributed by atoms with E-state index in [0.717, 1.165) is 12.1 Å². The first-order valence-electron chi connectivity index (χ1n) is 5.80. The second-order valence-corrected chi connectivity index (χ2v) is 4.26. The second-order valence-electron chi connectivity index (χ2n) is 4.26. The van der Waals surface area contributed by atoms with Gasteiger partial charge in [-0.05, 0) is 26.3 Å². The molecule has 0 aliphatic rings. The first kappa shape index (κ1) is 18.6. The summed E-state index contributed by atoms with van der Waals surface area (Å²) in [5, 5.41) is 6.84. The molecule has 0 aliphatic heterocycles. The molecular weight excluding hydrogens is 303 g/mol. The highest BCUT2D eigenvalue weighted by Gasteiger charge is 2.13. The van der Waals surface area contributed by atoms with Crippen LogP contribution in [-0.2, 0) is 0 Å². The normalized spacial score (nSPS) is 11.3. The van der Waals surface area contributed by atoms with E-state index in [-0.39, 0.29) is 42.6 Å². The minimum atomic E-state index is -0.305. The van der Waals surface area contributed by atoms with Crippen LogP contribution in [0.3, 0.4) is 0 Å². The summed E-state index contributed by atoms with van der Waals surface area (Å²) in [7, 11) is 0. The Morgan fingerprint density at radius 3 is 2.80 bits per heavy atom. The summed E-state index contributed by atoms with van der Waals surface area (Å²) in [6.45, 7) is 4.28. The average molecular weight is 321 g/mol. The third-order valence-electron chi connectivity index (χ3n) is 2.52. The molecule has 112 valence electrons. The zero-order valence-electron chi connectivity index (χ0n) is 11.2. The van der Waals surface area contributed by atoms with Crippen molar-refractivity contribution in [1.82, 2.24) is 24.9 Å². The predicted molar refractivity (Wildman–Crippen MR) is 80.6 cm³/mol. The van der Waals surface area contributed by atoms with Crippen LogP contribution in [0.4, 0.5) is 0 Å². The van der Waals surface area contributed by atoms with Crippen molar-refractivity contribution in [3.8, 4) is 0 Å². The summed E-state index contributed by atoms with van der Waals surface area (Å²) in [4.78, 5) is 19.9. The molecule has 1 unspecified atom stereocenters. The van der Waals surface area contributed by atoms with Gasteiger partial charge in [-0.3, -0.25) is 4.79 Å². The van der Waals surface area contributed by atoms with Gasteiger partial charge in [0.15, 0.2) is 0 Å². The summed E-state index contributed by atoms with van der Waals surface area (Å²) in [6.07, 6.45) is 2.35. The van der Waals surface area contributed by atoms with Crippen molar-refractivity contribution >= 4 is 36.5 Å². The molecule has 9 heteroatoms. The number of aryl methyl sites for hydroxylation is 1. The number of carbonyl (C=O) groups is 1. The number of nitrogens with zero attached hydrogens (tertiary/aromatic N) is 4. The average Bonchev–Trinajstić information content (AvgIpc) is 2.74. The number of nitrogens with two attached hydrogens (primary N) is 1. The number of carbonyl (C=O) groups excluding carboxylic acids is 1. The van der Waals surface area contributed by atoms with Crippen molar-refractivity contribution in [3.05, 3.63) is 23.8 Å². The van der Waals surface area contributed by atoms with E-state index in [1.807, 2.05) is 13.8 Å². The molecule has 0 aromatic carbocycles. The molecule has 2 aromatic heterocycles. The Labute approximate surface area is 129 Å². The molecule has 0 radical (unpaired) electrons. The minimum Gasteiger partial charge on any atom is -0.349 e. The van der Waals surface area contributed by atoms with Gasteiger partial charge in [-0.15, -0.1) is 29.9 Å². The number of fused-ring (bicyclic) bond motifs is 1. The van der Waals surface area contributed by atoms with Crippen molar-refractivity contribution in [2.45, 2.75) is 26.3 Å². The number of aromatic nitrogens is 4. The molecule has 0 saturated heterocycles. The maximum atomic E-state index is 11.8. The van der Waals surface area contributed by atoms with Gasteiger partial charge in [-0.2, -0.15) is 4.98 Å². The zero-order chi connectivity index (χ0) is 13.1. The van der Waals surface area contributed by atoms with Crippen LogP contribution in [-0.4, -0.2) is 38.1 Å². The molecule has 7 nitrogen and oxygen atoms in total. The molecular formula is C11H18Cl2N6O. The molecule has 0 saturated carbocycles. The van der Waals surface area contributed by atoms with Crippen LogP contribution in [0.2, 0.25) is 0 Å². The van der Waals surface area contributed by atoms with Crippen molar-refractivity contribution in [1.29, 1.82) is 0 Å². The molecule has 1 atom stereocenters. The fourth-order valence-electron chi connectivity index (χ4n) is 1.50. The van der Waals surface area contributed by atoms with Gasteiger partial charge in [0, 0.05) is 24.5 Å². The van der Waals surface area contributed by atoms with Crippen molar-refractivity contribution in [2.75, 3.05) is 6.54 Å². The molecule has 2 rings (SSSR count). The van der Waals surface area contributed by atoms with Gasteiger partial charge in [0.05, 0.1) is 0 Å². The van der Waals surface area contributed by atoms with E-state index in [2.05, 4.69) is 20.4 Å². The molecule has 0 spiro atoms. The number of hydrogen-bond acceptors (Lipinski definition) is 5. The Bertz CT molecular complexity index is 571. The summed E-state index contributed by atoms with van der Waals surface area (Å²) < 4.78 is 1.54. The third-order valence-corrected chi connectivity index (χ3v) is 2.52. The Balaban J connectivity index is 0.00000180. The molecule has 0 bridgehead atoms. The number of nitrogens with one attached hydrogen (secondary N) is 1. The Hall–Kier alpha value is -1.44. The highest BCUT2D eigenvalue weighted by Crippen LogP contribution is 2.01. The summed E-state index contributed by atoms with van der Waals surface area (Å²) in [5.74, 6) is 0.245. The van der Waals surface area contributed by atoms with Crippen LogP contribution in [0.25, 0.3) is 5.78 Å². The van der Waals surface area contributed by atoms with Gasteiger partial charge in [0.2, 0.25) is 5.82 Å². The first-order chi connectivity index (χ1) is 8.58. The SMILES string of the molecule is Cc1ccnc2nc(C(=O)NCCC(C)N)nn12.Cl.Cl. The number of halogens is 2. The van der Waals surface area contributed by atoms with E-state index in [0.29, 0.717) is 12.3 Å². The molecule has 1 amide bonds. The van der Waals surface area contributed by atoms with Crippen LogP contribution < -0.4 is 11.1 Å². The number of amides is 1. The van der Waals surface area contributed by atoms with Gasteiger partial charge in [0.1, 0.15) is 0 Å². The van der Waals surface area contributed by atoms with E-state index in [4.69, 9.17) is 5.73 Å². The fraction of sp³-hybridized carbons (Fsp3) is 0.455. The lowest BCUT2D eigenvalue weighted by Crippen LogP contribution is -2.29. The highest BCUT2D eigenvalue weighted by molar-refractivity contribution is 5.90. The highest BCUT2D eigenvalue weighted by atomic mass is 35.5. The standard InChI is InChI=1S/C11H16N6O.2ClH/c1-7(12)3-5-13-10(18)9-15-11-14-6-4-8(2)17(11)16-9;;/h4,6-7H,3,5,12H2,1-2H3,(H,13,18);2*1H. The smallest absolute Gasteiger partial charge is 0.291 e. The summed E-state index contributed by atoms with van der Waals surface area (Å²) in [6, 6.07) is 1.86. The predicted octanol–water partition coefficient (Wildman–Crippen LogP) is 0.743. The molecule has 0 aliphatic carbocycles. The Kier molecular flexibility index (Phi) is 7.41. The van der Waals surface area contributed by atoms with E-state index in [9.17, 15) is 4.79 Å². The number of hydrogen-bond donors (Lipinski definition) is 2. The lowest BCUT2D eigenvalue weighted by atomic mass is 10.2. The third kappa shape index (κ3) is 4.29. The second kappa shape index (κ2) is 7.98. The van der Waals surface area contributed by atoms with Crippen molar-refractivity contribution in [3.63, 3.8) is 0 Å². The minimum absolute atomic E-state index is 0. The van der Waals surface area contributed by atoms with Crippen LogP contribution >= 0.6 is 24.8 Å². The fourth-order valence-corrected chi connectivity index (χ4v) is 1.50. The first-order valence-corrected chi connectivity index (χ1v) is 5.80. The monoisotopic (exact) mass is 320 g/mol. The largest absolute Gasteiger partial charge is 0.349 e. The summed E-state index contributed by atoms with van der Waals surface area (Å²) >= 11 is 0. The van der Waals surface area contributed by atoms with Crippen LogP contribution in [0.15, 0.2) is 12.3 Å². The maximum Gasteiger partial charge on any atom is 0.291 e. The van der Waals surface area contributed by atoms with Gasteiger partial charge in [0.25, 0.3) is 11.7 Å². The molecule has 2 heterocycles. The Morgan fingerprint density at radius 2 is 2.20 bits per heavy atom. The van der Waals surface area contributed by atoms with Gasteiger partial charge < -0.3 is 11.1 Å². The van der Waals surface area contributed by atoms with Crippen molar-refractivity contribution < 1.29 is 4.79 Å². The molecule has 20 heavy (non-hydrogen) atoms. The van der Waals surface area contributed by atoms with E-state index < -0.39 is 0 Å². The van der Waals surface area contributed by atoms with Gasteiger partial charge in [-0.25, -0.2) is 9.50 Å². The lowest BCUT2D eigenvalue weighted by molar-refractivity contribution is 0.0942. The van der Waals surface area contributed by atoms with E-state index in [1.54, 1.807) is 16.8 Å². The van der Waals surface area contributed by atoms with Gasteiger partial charge >= 0.3 is 0 Å². The quantitative estimate of drug-likeness (QED) is 0.865. The molecule has 0 fully saturated rings. The lowest BCUT2D eigenvalue weighted by Gasteiger charge is -2.04. The summed E-state index contributed by atoms with van der Waals surface area (Å²) in [5.41, 5.74) is 6.48.